The minimum absolute atomic E-state index is 0.0338. The Labute approximate surface area is 127 Å². The van der Waals surface area contributed by atoms with E-state index in [1.165, 1.54) is 4.90 Å². The molecule has 0 aliphatic carbocycles. The number of nitrogens with zero attached hydrogens (tertiary/aromatic N) is 1. The summed E-state index contributed by atoms with van der Waals surface area (Å²) in [7, 11) is 0. The molecule has 0 saturated heterocycles. The van der Waals surface area contributed by atoms with E-state index in [9.17, 15) is 18.0 Å². The maximum atomic E-state index is 12.5. The standard InChI is InChI=1S/C13H10BrClF3NO/c14-10-7-8(1-2-11(10)15)12(20)19-5-3-9(4-6-19)13(16,17)18/h1-3,7H,4-6H2. The first kappa shape index (κ1) is 15.4. The Balaban J connectivity index is 2.12. The van der Waals surface area contributed by atoms with Crippen LogP contribution in [0.15, 0.2) is 34.3 Å². The quantitative estimate of drug-likeness (QED) is 0.671. The SMILES string of the molecule is O=C(c1ccc(Cl)c(Br)c1)N1CC=C(C(F)(F)F)CC1. The molecule has 0 N–H and O–H groups in total. The first-order chi connectivity index (χ1) is 9.29. The van der Waals surface area contributed by atoms with Crippen LogP contribution in [0.25, 0.3) is 0 Å². The summed E-state index contributed by atoms with van der Waals surface area (Å²) < 4.78 is 38.1. The second-order valence-electron chi connectivity index (χ2n) is 4.36. The highest BCUT2D eigenvalue weighted by Gasteiger charge is 2.35. The summed E-state index contributed by atoms with van der Waals surface area (Å²) in [6.07, 6.45) is -3.42. The van der Waals surface area contributed by atoms with Gasteiger partial charge in [-0.15, -0.1) is 0 Å². The minimum atomic E-state index is -4.31. The summed E-state index contributed by atoms with van der Waals surface area (Å²) in [5.41, 5.74) is -0.177. The van der Waals surface area contributed by atoms with E-state index in [0.29, 0.717) is 15.1 Å². The molecule has 20 heavy (non-hydrogen) atoms. The summed E-state index contributed by atoms with van der Waals surface area (Å²) in [4.78, 5) is 13.6. The van der Waals surface area contributed by atoms with E-state index in [1.807, 2.05) is 0 Å². The number of rotatable bonds is 1. The highest BCUT2D eigenvalue weighted by Crippen LogP contribution is 2.31. The molecule has 0 atom stereocenters. The van der Waals surface area contributed by atoms with Crippen molar-refractivity contribution in [2.24, 2.45) is 0 Å². The van der Waals surface area contributed by atoms with Crippen LogP contribution in [-0.4, -0.2) is 30.1 Å². The van der Waals surface area contributed by atoms with Gasteiger partial charge in [-0.25, -0.2) is 0 Å². The Morgan fingerprint density at radius 2 is 2.05 bits per heavy atom. The van der Waals surface area contributed by atoms with Gasteiger partial charge in [0.25, 0.3) is 5.91 Å². The Morgan fingerprint density at radius 3 is 2.55 bits per heavy atom. The average molecular weight is 369 g/mol. The molecule has 1 aromatic rings. The van der Waals surface area contributed by atoms with Gasteiger partial charge in [-0.05, 0) is 40.5 Å². The Bertz CT molecular complexity index is 571. The van der Waals surface area contributed by atoms with Crippen molar-refractivity contribution < 1.29 is 18.0 Å². The third-order valence-corrected chi connectivity index (χ3v) is 4.24. The van der Waals surface area contributed by atoms with Gasteiger partial charge >= 0.3 is 6.18 Å². The van der Waals surface area contributed by atoms with Gasteiger partial charge < -0.3 is 4.90 Å². The number of alkyl halides is 3. The van der Waals surface area contributed by atoms with E-state index in [4.69, 9.17) is 11.6 Å². The van der Waals surface area contributed by atoms with Crippen LogP contribution >= 0.6 is 27.5 Å². The molecular weight excluding hydrogens is 358 g/mol. The molecule has 1 heterocycles. The molecule has 0 bridgehead atoms. The van der Waals surface area contributed by atoms with E-state index in [1.54, 1.807) is 18.2 Å². The van der Waals surface area contributed by atoms with Gasteiger partial charge in [-0.3, -0.25) is 4.79 Å². The molecule has 7 heteroatoms. The Morgan fingerprint density at radius 1 is 1.35 bits per heavy atom. The topological polar surface area (TPSA) is 20.3 Å². The predicted octanol–water partition coefficient (Wildman–Crippen LogP) is 4.44. The molecule has 0 radical (unpaired) electrons. The maximum absolute atomic E-state index is 12.5. The van der Waals surface area contributed by atoms with E-state index in [-0.39, 0.29) is 25.4 Å². The fourth-order valence-electron chi connectivity index (χ4n) is 1.92. The Kier molecular flexibility index (Phi) is 4.44. The molecule has 1 aliphatic heterocycles. The summed E-state index contributed by atoms with van der Waals surface area (Å²) in [5, 5.41) is 0.472. The number of benzene rings is 1. The second-order valence-corrected chi connectivity index (χ2v) is 5.62. The largest absolute Gasteiger partial charge is 0.412 e. The smallest absolute Gasteiger partial charge is 0.335 e. The third kappa shape index (κ3) is 3.35. The van der Waals surface area contributed by atoms with Crippen molar-refractivity contribution in [1.29, 1.82) is 0 Å². The summed E-state index contributed by atoms with van der Waals surface area (Å²) >= 11 is 9.04. The van der Waals surface area contributed by atoms with E-state index in [0.717, 1.165) is 6.08 Å². The first-order valence-electron chi connectivity index (χ1n) is 5.79. The van der Waals surface area contributed by atoms with Gasteiger partial charge in [-0.1, -0.05) is 17.7 Å². The fourth-order valence-corrected chi connectivity index (χ4v) is 2.42. The van der Waals surface area contributed by atoms with Crippen molar-refractivity contribution in [2.75, 3.05) is 13.1 Å². The van der Waals surface area contributed by atoms with E-state index < -0.39 is 11.7 Å². The zero-order valence-corrected chi connectivity index (χ0v) is 12.5. The van der Waals surface area contributed by atoms with Gasteiger partial charge in [0.2, 0.25) is 0 Å². The molecule has 0 spiro atoms. The van der Waals surface area contributed by atoms with Gasteiger partial charge in [-0.2, -0.15) is 13.2 Å². The van der Waals surface area contributed by atoms with Crippen LogP contribution in [0, 0.1) is 0 Å². The second kappa shape index (κ2) is 5.77. The van der Waals surface area contributed by atoms with E-state index in [2.05, 4.69) is 15.9 Å². The molecule has 1 aromatic carbocycles. The molecule has 0 unspecified atom stereocenters. The third-order valence-electron chi connectivity index (χ3n) is 3.03. The minimum Gasteiger partial charge on any atom is -0.335 e. The Hall–Kier alpha value is -1.01. The highest BCUT2D eigenvalue weighted by atomic mass is 79.9. The molecular formula is C13H10BrClF3NO. The number of hydrogen-bond donors (Lipinski definition) is 0. The lowest BCUT2D eigenvalue weighted by atomic mass is 10.1. The van der Waals surface area contributed by atoms with Crippen LogP contribution in [0.4, 0.5) is 13.2 Å². The zero-order valence-electron chi connectivity index (χ0n) is 10.2. The molecule has 2 nitrogen and oxygen atoms in total. The molecule has 1 amide bonds. The fraction of sp³-hybridized carbons (Fsp3) is 0.308. The van der Waals surface area contributed by atoms with Crippen molar-refractivity contribution in [1.82, 2.24) is 4.90 Å². The van der Waals surface area contributed by atoms with Crippen molar-refractivity contribution >= 4 is 33.4 Å². The number of halogens is 5. The van der Waals surface area contributed by atoms with Crippen molar-refractivity contribution in [2.45, 2.75) is 12.6 Å². The molecule has 0 saturated carbocycles. The molecule has 0 fully saturated rings. The van der Waals surface area contributed by atoms with Crippen molar-refractivity contribution in [3.63, 3.8) is 0 Å². The molecule has 2 rings (SSSR count). The number of amides is 1. The first-order valence-corrected chi connectivity index (χ1v) is 6.96. The van der Waals surface area contributed by atoms with E-state index >= 15 is 0 Å². The normalized spacial score (nSPS) is 16.1. The van der Waals surface area contributed by atoms with Crippen molar-refractivity contribution in [3.05, 3.63) is 44.9 Å². The van der Waals surface area contributed by atoms with Gasteiger partial charge in [0.15, 0.2) is 0 Å². The van der Waals surface area contributed by atoms with Crippen LogP contribution < -0.4 is 0 Å². The van der Waals surface area contributed by atoms with Crippen LogP contribution in [0.5, 0.6) is 0 Å². The lowest BCUT2D eigenvalue weighted by molar-refractivity contribution is -0.0957. The lowest BCUT2D eigenvalue weighted by Gasteiger charge is -2.27. The average Bonchev–Trinajstić information content (AvgIpc) is 2.40. The lowest BCUT2D eigenvalue weighted by Crippen LogP contribution is -2.36. The summed E-state index contributed by atoms with van der Waals surface area (Å²) in [6, 6.07) is 4.69. The van der Waals surface area contributed by atoms with Crippen LogP contribution in [0.3, 0.4) is 0 Å². The molecule has 108 valence electrons. The monoisotopic (exact) mass is 367 g/mol. The summed E-state index contributed by atoms with van der Waals surface area (Å²) in [6.45, 7) is 0.0261. The van der Waals surface area contributed by atoms with Gasteiger partial charge in [0, 0.05) is 28.7 Å². The number of hydrogen-bond acceptors (Lipinski definition) is 1. The number of carbonyl (C=O) groups is 1. The van der Waals surface area contributed by atoms with Crippen LogP contribution in [0.1, 0.15) is 16.8 Å². The number of carbonyl (C=O) groups excluding carboxylic acids is 1. The summed E-state index contributed by atoms with van der Waals surface area (Å²) in [5.74, 6) is -0.306. The zero-order chi connectivity index (χ0) is 14.9. The predicted molar refractivity (Wildman–Crippen MR) is 73.8 cm³/mol. The van der Waals surface area contributed by atoms with Gasteiger partial charge in [0.05, 0.1) is 5.02 Å². The molecule has 1 aliphatic rings. The van der Waals surface area contributed by atoms with Crippen LogP contribution in [-0.2, 0) is 0 Å². The van der Waals surface area contributed by atoms with Crippen molar-refractivity contribution in [3.8, 4) is 0 Å². The highest BCUT2D eigenvalue weighted by molar-refractivity contribution is 9.10. The van der Waals surface area contributed by atoms with Gasteiger partial charge in [0.1, 0.15) is 0 Å². The maximum Gasteiger partial charge on any atom is 0.412 e. The van der Waals surface area contributed by atoms with Crippen LogP contribution in [0.2, 0.25) is 5.02 Å². The molecule has 0 aromatic heterocycles.